The summed E-state index contributed by atoms with van der Waals surface area (Å²) in [6.07, 6.45) is 10.3. The van der Waals surface area contributed by atoms with Crippen LogP contribution in [0.15, 0.2) is 54.2 Å². The molecule has 4 aliphatic rings. The molecule has 0 spiro atoms. The number of nitrogens with zero attached hydrogens (tertiary/aromatic N) is 8. The molecule has 1 unspecified atom stereocenters. The fourth-order valence-corrected chi connectivity index (χ4v) is 8.85. The number of fused-ring (bicyclic) bond motifs is 3. The highest BCUT2D eigenvalue weighted by Crippen LogP contribution is 2.40. The van der Waals surface area contributed by atoms with E-state index in [-0.39, 0.29) is 34.6 Å². The van der Waals surface area contributed by atoms with Crippen molar-refractivity contribution >= 4 is 40.6 Å². The first-order chi connectivity index (χ1) is 26.4. The summed E-state index contributed by atoms with van der Waals surface area (Å²) < 4.78 is 9.26. The normalized spacial score (nSPS) is 19.9. The third-order valence-electron chi connectivity index (χ3n) is 11.6. The number of amides is 2. The van der Waals surface area contributed by atoms with E-state index in [1.54, 1.807) is 36.6 Å². The molecule has 14 heteroatoms. The molecule has 8 rings (SSSR count). The van der Waals surface area contributed by atoms with Crippen molar-refractivity contribution < 1.29 is 14.3 Å². The SMILES string of the molecule is C=CC(=O)Nc1cc(Nc2nc(-c3ccnc(N4CCn5c(cc6c5CC(C)(C)C6)C4=O)c3C)cn(C)c2=O)cnc1N1CCN(C2CCOCC2)CC1C. The molecule has 55 heavy (non-hydrogen) atoms. The number of piperazine rings is 1. The van der Waals surface area contributed by atoms with Gasteiger partial charge in [-0.2, -0.15) is 0 Å². The summed E-state index contributed by atoms with van der Waals surface area (Å²) >= 11 is 0. The van der Waals surface area contributed by atoms with E-state index in [1.807, 2.05) is 13.0 Å². The minimum atomic E-state index is -0.359. The van der Waals surface area contributed by atoms with Crippen molar-refractivity contribution in [1.29, 1.82) is 0 Å². The molecule has 0 saturated carbocycles. The standard InChI is InChI=1S/C41H50N10O4/c1-7-35(52)45-31-19-28(22-43-38(31)49-13-12-48(23-25(49)2)29-9-16-55-17-10-29)44-36-40(54)47(6)24-32(46-36)30-8-11-42-37(26(30)3)51-15-14-50-33(39(51)53)18-27-20-41(4,5)21-34(27)50/h7-8,11,18-19,22,24-25,29H,1,9-10,12-17,20-21,23H2,2-6H3,(H,44,46)(H,45,52). The van der Waals surface area contributed by atoms with E-state index in [0.29, 0.717) is 53.5 Å². The van der Waals surface area contributed by atoms with E-state index in [2.05, 4.69) is 63.4 Å². The van der Waals surface area contributed by atoms with E-state index in [1.165, 1.54) is 21.9 Å². The van der Waals surface area contributed by atoms with E-state index in [9.17, 15) is 14.4 Å². The molecule has 2 saturated heterocycles. The zero-order valence-corrected chi connectivity index (χ0v) is 32.4. The molecule has 4 aromatic heterocycles. The predicted molar refractivity (Wildman–Crippen MR) is 213 cm³/mol. The Morgan fingerprint density at radius 3 is 2.62 bits per heavy atom. The number of nitrogens with one attached hydrogen (secondary N) is 2. The van der Waals surface area contributed by atoms with Crippen LogP contribution in [0, 0.1) is 12.3 Å². The van der Waals surface area contributed by atoms with Crippen molar-refractivity contribution in [1.82, 2.24) is 29.0 Å². The van der Waals surface area contributed by atoms with Crippen LogP contribution < -0.4 is 26.0 Å². The van der Waals surface area contributed by atoms with Crippen molar-refractivity contribution in [3.8, 4) is 11.3 Å². The highest BCUT2D eigenvalue weighted by Gasteiger charge is 2.37. The number of hydrogen-bond acceptors (Lipinski definition) is 10. The molecule has 0 aromatic carbocycles. The fraction of sp³-hybridized carbons (Fsp3) is 0.463. The lowest BCUT2D eigenvalue weighted by molar-refractivity contribution is -0.111. The van der Waals surface area contributed by atoms with Gasteiger partial charge in [0.05, 0.1) is 23.3 Å². The molecular formula is C41H50N10O4. The second-order valence-electron chi connectivity index (χ2n) is 16.1. The highest BCUT2D eigenvalue weighted by molar-refractivity contribution is 6.06. The van der Waals surface area contributed by atoms with Crippen LogP contribution in [0.5, 0.6) is 0 Å². The quantitative estimate of drug-likeness (QED) is 0.244. The lowest BCUT2D eigenvalue weighted by Gasteiger charge is -2.45. The summed E-state index contributed by atoms with van der Waals surface area (Å²) in [5.41, 5.74) is 6.20. The molecule has 4 aromatic rings. The van der Waals surface area contributed by atoms with Crippen LogP contribution in [0.2, 0.25) is 0 Å². The maximum absolute atomic E-state index is 13.9. The van der Waals surface area contributed by atoms with E-state index in [4.69, 9.17) is 14.7 Å². The second kappa shape index (κ2) is 14.4. The molecule has 2 amide bonds. The van der Waals surface area contributed by atoms with Gasteiger partial charge in [-0.05, 0) is 74.8 Å². The Kier molecular flexibility index (Phi) is 9.58. The van der Waals surface area contributed by atoms with E-state index < -0.39 is 0 Å². The first-order valence-corrected chi connectivity index (χ1v) is 19.3. The summed E-state index contributed by atoms with van der Waals surface area (Å²) in [4.78, 5) is 60.8. The van der Waals surface area contributed by atoms with Gasteiger partial charge >= 0.3 is 0 Å². The number of anilines is 5. The number of ether oxygens (including phenoxy) is 1. The maximum atomic E-state index is 13.9. The van der Waals surface area contributed by atoms with E-state index in [0.717, 1.165) is 69.7 Å². The number of aryl methyl sites for hydroxylation is 1. The number of pyridine rings is 2. The molecule has 288 valence electrons. The number of rotatable bonds is 8. The third kappa shape index (κ3) is 6.93. The van der Waals surface area contributed by atoms with E-state index >= 15 is 0 Å². The van der Waals surface area contributed by atoms with Crippen LogP contribution in [-0.2, 0) is 36.0 Å². The molecule has 0 bridgehead atoms. The third-order valence-corrected chi connectivity index (χ3v) is 11.6. The molecular weight excluding hydrogens is 697 g/mol. The van der Waals surface area contributed by atoms with Gasteiger partial charge in [-0.25, -0.2) is 15.0 Å². The number of hydrogen-bond donors (Lipinski definition) is 2. The largest absolute Gasteiger partial charge is 0.381 e. The molecule has 7 heterocycles. The van der Waals surface area contributed by atoms with Gasteiger partial charge < -0.3 is 29.4 Å². The van der Waals surface area contributed by atoms with Crippen LogP contribution in [0.1, 0.15) is 60.9 Å². The minimum absolute atomic E-state index is 0.0622. The Labute approximate surface area is 321 Å². The van der Waals surface area contributed by atoms with Crippen LogP contribution in [-0.4, -0.2) is 92.3 Å². The van der Waals surface area contributed by atoms with Gasteiger partial charge in [0.15, 0.2) is 11.6 Å². The summed E-state index contributed by atoms with van der Waals surface area (Å²) in [5, 5.41) is 6.12. The molecule has 2 fully saturated rings. The molecule has 14 nitrogen and oxygen atoms in total. The molecule has 1 aliphatic carbocycles. The average molecular weight is 747 g/mol. The summed E-state index contributed by atoms with van der Waals surface area (Å²) in [6, 6.07) is 6.36. The first kappa shape index (κ1) is 36.6. The Balaban J connectivity index is 1.05. The van der Waals surface area contributed by atoms with Crippen LogP contribution in [0.3, 0.4) is 0 Å². The Bertz CT molecular complexity index is 2240. The minimum Gasteiger partial charge on any atom is -0.381 e. The van der Waals surface area contributed by atoms with Crippen molar-refractivity contribution in [2.75, 3.05) is 59.8 Å². The molecule has 3 aliphatic heterocycles. The van der Waals surface area contributed by atoms with Crippen LogP contribution in [0.25, 0.3) is 11.3 Å². The fourth-order valence-electron chi connectivity index (χ4n) is 8.85. The van der Waals surface area contributed by atoms with Crippen LogP contribution >= 0.6 is 0 Å². The molecule has 2 N–H and O–H groups in total. The zero-order valence-electron chi connectivity index (χ0n) is 32.4. The lowest BCUT2D eigenvalue weighted by atomic mass is 9.90. The maximum Gasteiger partial charge on any atom is 0.293 e. The zero-order chi connectivity index (χ0) is 38.6. The van der Waals surface area contributed by atoms with Gasteiger partial charge in [0, 0.05) is 94.3 Å². The van der Waals surface area contributed by atoms with Crippen molar-refractivity contribution in [3.05, 3.63) is 82.3 Å². The Morgan fingerprint density at radius 2 is 1.85 bits per heavy atom. The monoisotopic (exact) mass is 746 g/mol. The Morgan fingerprint density at radius 1 is 1.05 bits per heavy atom. The van der Waals surface area contributed by atoms with Crippen molar-refractivity contribution in [2.45, 2.75) is 72.0 Å². The molecule has 1 atom stereocenters. The number of aromatic nitrogens is 5. The van der Waals surface area contributed by atoms with Crippen molar-refractivity contribution in [3.63, 3.8) is 0 Å². The lowest BCUT2D eigenvalue weighted by Crippen LogP contribution is -2.56. The van der Waals surface area contributed by atoms with Gasteiger partial charge in [-0.1, -0.05) is 20.4 Å². The van der Waals surface area contributed by atoms with Gasteiger partial charge in [0.1, 0.15) is 11.5 Å². The van der Waals surface area contributed by atoms with Gasteiger partial charge in [-0.15, -0.1) is 0 Å². The smallest absolute Gasteiger partial charge is 0.293 e. The summed E-state index contributed by atoms with van der Waals surface area (Å²) in [7, 11) is 1.68. The second-order valence-corrected chi connectivity index (χ2v) is 16.1. The van der Waals surface area contributed by atoms with Crippen molar-refractivity contribution in [2.24, 2.45) is 12.5 Å². The van der Waals surface area contributed by atoms with Gasteiger partial charge in [0.25, 0.3) is 11.5 Å². The average Bonchev–Trinajstić information content (AvgIpc) is 3.66. The topological polar surface area (TPSA) is 143 Å². The first-order valence-electron chi connectivity index (χ1n) is 19.3. The van der Waals surface area contributed by atoms with Gasteiger partial charge in [0.2, 0.25) is 5.91 Å². The summed E-state index contributed by atoms with van der Waals surface area (Å²) in [6.45, 7) is 17.6. The molecule has 0 radical (unpaired) electrons. The summed E-state index contributed by atoms with van der Waals surface area (Å²) in [5.74, 6) is 0.902. The van der Waals surface area contributed by atoms with Gasteiger partial charge in [-0.3, -0.25) is 24.2 Å². The number of carbonyl (C=O) groups is 2. The predicted octanol–water partition coefficient (Wildman–Crippen LogP) is 4.69. The Hall–Kier alpha value is -5.34. The van der Waals surface area contributed by atoms with Crippen LogP contribution in [0.4, 0.5) is 28.8 Å². The highest BCUT2D eigenvalue weighted by atomic mass is 16.5. The number of carbonyl (C=O) groups excluding carboxylic acids is 2.